The molecule has 0 bridgehead atoms. The molecule has 0 aliphatic carbocycles. The second-order valence-corrected chi connectivity index (χ2v) is 2.53. The Morgan fingerprint density at radius 3 is 2.73 bits per heavy atom. The van der Waals surface area contributed by atoms with Gasteiger partial charge in [-0.1, -0.05) is 0 Å². The summed E-state index contributed by atoms with van der Waals surface area (Å²) in [7, 11) is 0. The van der Waals surface area contributed by atoms with E-state index in [0.717, 1.165) is 0 Å². The van der Waals surface area contributed by atoms with Crippen LogP contribution in [-0.2, 0) is 6.54 Å². The molecular weight excluding hydrogens is 234 g/mol. The average Bonchev–Trinajstić information content (AvgIpc) is 1.95. The fraction of sp³-hybridized carbons (Fsp3) is 0.167. The summed E-state index contributed by atoms with van der Waals surface area (Å²) in [5, 5.41) is 0. The Morgan fingerprint density at radius 2 is 2.27 bits per heavy atom. The zero-order valence-electron chi connectivity index (χ0n) is 5.55. The minimum atomic E-state index is -0.370. The molecule has 2 N–H and O–H groups in total. The molecule has 0 spiro atoms. The Labute approximate surface area is 78.5 Å². The summed E-state index contributed by atoms with van der Waals surface area (Å²) < 4.78 is 13.0. The third kappa shape index (κ3) is 2.39. The molecule has 1 aromatic heterocycles. The quantitative estimate of drug-likeness (QED) is 0.762. The summed E-state index contributed by atoms with van der Waals surface area (Å²) in [6.07, 6.45) is 1.51. The van der Waals surface area contributed by atoms with E-state index in [0.29, 0.717) is 5.56 Å². The van der Waals surface area contributed by atoms with Gasteiger partial charge in [0.05, 0.1) is 0 Å². The number of nitrogens with zero attached hydrogens (tertiary/aromatic N) is 1. The van der Waals surface area contributed by atoms with E-state index < -0.39 is 0 Å². The first-order chi connectivity index (χ1) is 4.75. The molecule has 0 saturated heterocycles. The first-order valence-corrected chi connectivity index (χ1v) is 3.54. The van der Waals surface area contributed by atoms with Gasteiger partial charge in [0.1, 0.15) is 4.60 Å². The molecular formula is C6H7BrClFN2. The van der Waals surface area contributed by atoms with Gasteiger partial charge in [0, 0.05) is 18.3 Å². The molecule has 1 heterocycles. The molecule has 1 rings (SSSR count). The number of pyridine rings is 1. The Hall–Kier alpha value is -0.190. The van der Waals surface area contributed by atoms with Gasteiger partial charge in [0.15, 0.2) is 5.82 Å². The standard InChI is InChI=1S/C6H6BrFN2.ClH/c7-6-5(8)4(3-9)1-2-10-6;/h1-2H,3,9H2;1H. The average molecular weight is 241 g/mol. The third-order valence-corrected chi connectivity index (χ3v) is 1.70. The molecule has 0 saturated carbocycles. The van der Waals surface area contributed by atoms with Crippen molar-refractivity contribution in [2.75, 3.05) is 0 Å². The van der Waals surface area contributed by atoms with Crippen LogP contribution in [-0.4, -0.2) is 4.98 Å². The SMILES string of the molecule is Cl.NCc1ccnc(Br)c1F. The molecule has 0 fully saturated rings. The van der Waals surface area contributed by atoms with Crippen molar-refractivity contribution in [2.45, 2.75) is 6.54 Å². The highest BCUT2D eigenvalue weighted by molar-refractivity contribution is 9.10. The van der Waals surface area contributed by atoms with Crippen molar-refractivity contribution in [3.05, 3.63) is 28.2 Å². The summed E-state index contributed by atoms with van der Waals surface area (Å²) in [6, 6.07) is 1.56. The summed E-state index contributed by atoms with van der Waals surface area (Å²) >= 11 is 2.95. The summed E-state index contributed by atoms with van der Waals surface area (Å²) in [6.45, 7) is 0.201. The molecule has 0 radical (unpaired) electrons. The van der Waals surface area contributed by atoms with Crippen LogP contribution >= 0.6 is 28.3 Å². The van der Waals surface area contributed by atoms with E-state index in [1.807, 2.05) is 0 Å². The molecule has 0 aliphatic heterocycles. The Morgan fingerprint density at radius 1 is 1.64 bits per heavy atom. The fourth-order valence-corrected chi connectivity index (χ4v) is 0.986. The lowest BCUT2D eigenvalue weighted by Gasteiger charge is -1.98. The topological polar surface area (TPSA) is 38.9 Å². The molecule has 62 valence electrons. The molecule has 5 heteroatoms. The van der Waals surface area contributed by atoms with Crippen molar-refractivity contribution in [1.29, 1.82) is 0 Å². The molecule has 0 amide bonds. The van der Waals surface area contributed by atoms with Crippen LogP contribution in [0.2, 0.25) is 0 Å². The molecule has 0 unspecified atom stereocenters. The highest BCUT2D eigenvalue weighted by Gasteiger charge is 2.03. The van der Waals surface area contributed by atoms with Crippen LogP contribution in [0, 0.1) is 5.82 Å². The van der Waals surface area contributed by atoms with Crippen molar-refractivity contribution in [3.8, 4) is 0 Å². The monoisotopic (exact) mass is 240 g/mol. The molecule has 1 aromatic rings. The van der Waals surface area contributed by atoms with Crippen LogP contribution < -0.4 is 5.73 Å². The van der Waals surface area contributed by atoms with Gasteiger partial charge in [0.25, 0.3) is 0 Å². The lowest BCUT2D eigenvalue weighted by atomic mass is 10.3. The van der Waals surface area contributed by atoms with Gasteiger partial charge >= 0.3 is 0 Å². The molecule has 2 nitrogen and oxygen atoms in total. The number of rotatable bonds is 1. The number of aromatic nitrogens is 1. The van der Waals surface area contributed by atoms with Crippen LogP contribution in [0.15, 0.2) is 16.9 Å². The van der Waals surface area contributed by atoms with Gasteiger partial charge in [-0.2, -0.15) is 0 Å². The van der Waals surface area contributed by atoms with Crippen LogP contribution in [0.5, 0.6) is 0 Å². The van der Waals surface area contributed by atoms with E-state index >= 15 is 0 Å². The van der Waals surface area contributed by atoms with Gasteiger partial charge in [0.2, 0.25) is 0 Å². The van der Waals surface area contributed by atoms with Crippen LogP contribution in [0.3, 0.4) is 0 Å². The van der Waals surface area contributed by atoms with E-state index in [9.17, 15) is 4.39 Å². The van der Waals surface area contributed by atoms with Crippen LogP contribution in [0.1, 0.15) is 5.56 Å². The first kappa shape index (κ1) is 10.8. The zero-order chi connectivity index (χ0) is 7.56. The zero-order valence-corrected chi connectivity index (χ0v) is 7.95. The second-order valence-electron chi connectivity index (χ2n) is 1.78. The van der Waals surface area contributed by atoms with Crippen molar-refractivity contribution in [3.63, 3.8) is 0 Å². The Balaban J connectivity index is 0.000001000. The van der Waals surface area contributed by atoms with Crippen molar-refractivity contribution in [1.82, 2.24) is 4.98 Å². The largest absolute Gasteiger partial charge is 0.326 e. The van der Waals surface area contributed by atoms with Crippen molar-refractivity contribution < 1.29 is 4.39 Å². The maximum atomic E-state index is 12.8. The van der Waals surface area contributed by atoms with Gasteiger partial charge in [-0.25, -0.2) is 9.37 Å². The van der Waals surface area contributed by atoms with E-state index in [1.165, 1.54) is 6.20 Å². The first-order valence-electron chi connectivity index (χ1n) is 2.74. The molecule has 0 atom stereocenters. The maximum Gasteiger partial charge on any atom is 0.160 e. The van der Waals surface area contributed by atoms with E-state index in [4.69, 9.17) is 5.73 Å². The normalized spacial score (nSPS) is 9.00. The lowest BCUT2D eigenvalue weighted by Crippen LogP contribution is -2.00. The Bertz CT molecular complexity index is 244. The van der Waals surface area contributed by atoms with E-state index in [1.54, 1.807) is 6.07 Å². The fourth-order valence-electron chi connectivity index (χ4n) is 0.613. The van der Waals surface area contributed by atoms with Gasteiger partial charge in [-0.3, -0.25) is 0 Å². The van der Waals surface area contributed by atoms with Gasteiger partial charge < -0.3 is 5.73 Å². The molecule has 0 aliphatic rings. The highest BCUT2D eigenvalue weighted by Crippen LogP contribution is 2.14. The smallest absolute Gasteiger partial charge is 0.160 e. The predicted octanol–water partition coefficient (Wildman–Crippen LogP) is 1.86. The number of nitrogens with two attached hydrogens (primary N) is 1. The number of hydrogen-bond donors (Lipinski definition) is 1. The van der Waals surface area contributed by atoms with E-state index in [-0.39, 0.29) is 29.4 Å². The minimum absolute atomic E-state index is 0. The van der Waals surface area contributed by atoms with Crippen molar-refractivity contribution in [2.24, 2.45) is 5.73 Å². The summed E-state index contributed by atoms with van der Waals surface area (Å²) in [5.41, 5.74) is 5.70. The van der Waals surface area contributed by atoms with Crippen LogP contribution in [0.25, 0.3) is 0 Å². The summed E-state index contributed by atoms with van der Waals surface area (Å²) in [4.78, 5) is 3.67. The number of halogens is 3. The summed E-state index contributed by atoms with van der Waals surface area (Å²) in [5.74, 6) is -0.370. The second kappa shape index (κ2) is 4.64. The highest BCUT2D eigenvalue weighted by atomic mass is 79.9. The number of hydrogen-bond acceptors (Lipinski definition) is 2. The van der Waals surface area contributed by atoms with Crippen molar-refractivity contribution >= 4 is 28.3 Å². The van der Waals surface area contributed by atoms with E-state index in [2.05, 4.69) is 20.9 Å². The molecule has 0 aromatic carbocycles. The maximum absolute atomic E-state index is 12.8. The van der Waals surface area contributed by atoms with Crippen LogP contribution in [0.4, 0.5) is 4.39 Å². The van der Waals surface area contributed by atoms with Gasteiger partial charge in [-0.15, -0.1) is 12.4 Å². The Kier molecular flexibility index (Phi) is 4.56. The minimum Gasteiger partial charge on any atom is -0.326 e. The lowest BCUT2D eigenvalue weighted by molar-refractivity contribution is 0.595. The predicted molar refractivity (Wildman–Crippen MR) is 47.0 cm³/mol. The molecule has 11 heavy (non-hydrogen) atoms. The van der Waals surface area contributed by atoms with Gasteiger partial charge in [-0.05, 0) is 22.0 Å². The third-order valence-electron chi connectivity index (χ3n) is 1.15.